The zero-order chi connectivity index (χ0) is 20.0. The van der Waals surface area contributed by atoms with E-state index in [1.165, 1.54) is 26.8 Å². The van der Waals surface area contributed by atoms with Crippen LogP contribution in [0.3, 0.4) is 0 Å². The second kappa shape index (κ2) is 6.10. The van der Waals surface area contributed by atoms with Crippen LogP contribution in [0.2, 0.25) is 0 Å². The molecule has 0 amide bonds. The van der Waals surface area contributed by atoms with E-state index in [-0.39, 0.29) is 11.1 Å². The lowest BCUT2D eigenvalue weighted by Crippen LogP contribution is -2.65. The van der Waals surface area contributed by atoms with Crippen LogP contribution < -0.4 is 4.74 Å². The van der Waals surface area contributed by atoms with Gasteiger partial charge in [-0.15, -0.1) is 0 Å². The standard InChI is InChI=1S/C14H11F9O2/c1-6-4-7(2)8(3)9(5-6)25-10(24)11(12(15,16)17,13(18,19)20)14(21,22)23/h4-5H,1-3H3. The molecule has 0 aliphatic rings. The van der Waals surface area contributed by atoms with Crippen molar-refractivity contribution in [2.24, 2.45) is 5.41 Å². The predicted octanol–water partition coefficient (Wildman–Crippen LogP) is 5.19. The van der Waals surface area contributed by atoms with Crippen molar-refractivity contribution in [2.75, 3.05) is 0 Å². The Morgan fingerprint density at radius 1 is 0.800 bits per heavy atom. The molecule has 0 unspecified atom stereocenters. The van der Waals surface area contributed by atoms with Gasteiger partial charge in [0, 0.05) is 0 Å². The second-order valence-electron chi connectivity index (χ2n) is 5.34. The maximum absolute atomic E-state index is 12.8. The molecular weight excluding hydrogens is 371 g/mol. The summed E-state index contributed by atoms with van der Waals surface area (Å²) in [5.41, 5.74) is -6.15. The largest absolute Gasteiger partial charge is 0.425 e. The van der Waals surface area contributed by atoms with E-state index in [1.807, 2.05) is 0 Å². The first-order valence-corrected chi connectivity index (χ1v) is 6.47. The van der Waals surface area contributed by atoms with Crippen molar-refractivity contribution in [1.82, 2.24) is 0 Å². The molecule has 25 heavy (non-hydrogen) atoms. The molecule has 0 spiro atoms. The monoisotopic (exact) mass is 382 g/mol. The molecule has 1 aromatic rings. The Bertz CT molecular complexity index is 633. The molecule has 0 aliphatic carbocycles. The lowest BCUT2D eigenvalue weighted by molar-refractivity contribution is -0.410. The fourth-order valence-corrected chi connectivity index (χ4v) is 2.11. The quantitative estimate of drug-likeness (QED) is 0.400. The first kappa shape index (κ1) is 21.1. The molecule has 0 atom stereocenters. The summed E-state index contributed by atoms with van der Waals surface area (Å²) >= 11 is 0. The Hall–Kier alpha value is -1.94. The molecule has 0 heterocycles. The van der Waals surface area contributed by atoms with Crippen LogP contribution in [0, 0.1) is 26.2 Å². The molecule has 0 saturated carbocycles. The molecule has 0 fully saturated rings. The lowest BCUT2D eigenvalue weighted by Gasteiger charge is -2.36. The Balaban J connectivity index is 3.61. The van der Waals surface area contributed by atoms with Gasteiger partial charge in [-0.3, -0.25) is 0 Å². The molecule has 0 saturated heterocycles. The summed E-state index contributed by atoms with van der Waals surface area (Å²) in [5.74, 6) is -4.32. The molecule has 11 heteroatoms. The van der Waals surface area contributed by atoms with E-state index in [4.69, 9.17) is 0 Å². The zero-order valence-electron chi connectivity index (χ0n) is 12.9. The zero-order valence-corrected chi connectivity index (χ0v) is 12.9. The molecular formula is C14H11F9O2. The SMILES string of the molecule is Cc1cc(C)c(C)c(OC(=O)C(C(F)(F)F)(C(F)(F)F)C(F)(F)F)c1. The minimum Gasteiger partial charge on any atom is -0.425 e. The Labute approximate surface area is 135 Å². The first-order valence-electron chi connectivity index (χ1n) is 6.47. The predicted molar refractivity (Wildman–Crippen MR) is 66.9 cm³/mol. The summed E-state index contributed by atoms with van der Waals surface area (Å²) in [6.45, 7) is 3.94. The highest BCUT2D eigenvalue weighted by atomic mass is 19.4. The third kappa shape index (κ3) is 3.40. The van der Waals surface area contributed by atoms with E-state index in [0.717, 1.165) is 6.07 Å². The normalized spacial score (nSPS) is 13.8. The van der Waals surface area contributed by atoms with Gasteiger partial charge in [-0.2, -0.15) is 39.5 Å². The number of alkyl halides is 9. The van der Waals surface area contributed by atoms with Crippen molar-refractivity contribution in [2.45, 2.75) is 39.3 Å². The molecule has 1 rings (SSSR count). The summed E-state index contributed by atoms with van der Waals surface area (Å²) < 4.78 is 120. The summed E-state index contributed by atoms with van der Waals surface area (Å²) in [6.07, 6.45) is -21.0. The Morgan fingerprint density at radius 3 is 1.56 bits per heavy atom. The van der Waals surface area contributed by atoms with Crippen LogP contribution in [0.25, 0.3) is 0 Å². The van der Waals surface area contributed by atoms with Gasteiger partial charge in [-0.1, -0.05) is 6.07 Å². The van der Waals surface area contributed by atoms with E-state index in [2.05, 4.69) is 4.74 Å². The number of ether oxygens (including phenoxy) is 1. The van der Waals surface area contributed by atoms with Gasteiger partial charge < -0.3 is 4.74 Å². The van der Waals surface area contributed by atoms with Crippen LogP contribution in [0.5, 0.6) is 5.75 Å². The highest BCUT2D eigenvalue weighted by Gasteiger charge is 2.89. The Morgan fingerprint density at radius 2 is 1.20 bits per heavy atom. The molecule has 0 aromatic heterocycles. The number of esters is 1. The fraction of sp³-hybridized carbons (Fsp3) is 0.500. The fourth-order valence-electron chi connectivity index (χ4n) is 2.11. The number of halogens is 9. The number of carbonyl (C=O) groups is 1. The first-order chi connectivity index (χ1) is 11.0. The van der Waals surface area contributed by atoms with Gasteiger partial charge in [0.05, 0.1) is 0 Å². The van der Waals surface area contributed by atoms with Gasteiger partial charge in [0.2, 0.25) is 0 Å². The van der Waals surface area contributed by atoms with Crippen LogP contribution in [0.4, 0.5) is 39.5 Å². The molecule has 0 aliphatic heterocycles. The van der Waals surface area contributed by atoms with Crippen LogP contribution >= 0.6 is 0 Å². The molecule has 1 aromatic carbocycles. The van der Waals surface area contributed by atoms with Crippen molar-refractivity contribution in [3.8, 4) is 5.75 Å². The maximum Gasteiger partial charge on any atom is 0.423 e. The van der Waals surface area contributed by atoms with Gasteiger partial charge in [0.1, 0.15) is 5.75 Å². The van der Waals surface area contributed by atoms with E-state index >= 15 is 0 Å². The van der Waals surface area contributed by atoms with Crippen molar-refractivity contribution in [1.29, 1.82) is 0 Å². The minimum absolute atomic E-state index is 0.0700. The van der Waals surface area contributed by atoms with Gasteiger partial charge in [0.25, 0.3) is 0 Å². The van der Waals surface area contributed by atoms with E-state index in [0.29, 0.717) is 5.56 Å². The van der Waals surface area contributed by atoms with Crippen LogP contribution in [-0.4, -0.2) is 24.5 Å². The molecule has 2 nitrogen and oxygen atoms in total. The van der Waals surface area contributed by atoms with Crippen molar-refractivity contribution in [3.63, 3.8) is 0 Å². The highest BCUT2D eigenvalue weighted by Crippen LogP contribution is 2.60. The third-order valence-electron chi connectivity index (χ3n) is 3.55. The summed E-state index contributed by atoms with van der Waals surface area (Å²) in [7, 11) is 0. The lowest BCUT2D eigenvalue weighted by atomic mass is 9.85. The molecule has 0 bridgehead atoms. The summed E-state index contributed by atoms with van der Waals surface area (Å²) in [4.78, 5) is 11.6. The van der Waals surface area contributed by atoms with E-state index in [1.54, 1.807) is 0 Å². The van der Waals surface area contributed by atoms with Crippen molar-refractivity contribution < 1.29 is 49.0 Å². The van der Waals surface area contributed by atoms with E-state index in [9.17, 15) is 44.3 Å². The minimum atomic E-state index is -7.01. The maximum atomic E-state index is 12.8. The molecule has 0 N–H and O–H groups in total. The topological polar surface area (TPSA) is 26.3 Å². The number of benzene rings is 1. The van der Waals surface area contributed by atoms with E-state index < -0.39 is 35.7 Å². The van der Waals surface area contributed by atoms with Crippen LogP contribution in [0.15, 0.2) is 12.1 Å². The van der Waals surface area contributed by atoms with Gasteiger partial charge in [-0.25, -0.2) is 4.79 Å². The average molecular weight is 382 g/mol. The smallest absolute Gasteiger partial charge is 0.423 e. The molecule has 142 valence electrons. The average Bonchev–Trinajstić information content (AvgIpc) is 2.29. The number of hydrogen-bond donors (Lipinski definition) is 0. The third-order valence-corrected chi connectivity index (χ3v) is 3.55. The van der Waals surface area contributed by atoms with Crippen molar-refractivity contribution >= 4 is 5.97 Å². The number of carbonyl (C=O) groups excluding carboxylic acids is 1. The Kier molecular flexibility index (Phi) is 5.15. The number of rotatable bonds is 2. The summed E-state index contributed by atoms with van der Waals surface area (Å²) in [6, 6.07) is 2.32. The number of hydrogen-bond acceptors (Lipinski definition) is 2. The molecule has 0 radical (unpaired) electrons. The summed E-state index contributed by atoms with van der Waals surface area (Å²) in [5, 5.41) is 0. The van der Waals surface area contributed by atoms with Crippen molar-refractivity contribution in [3.05, 3.63) is 28.8 Å². The van der Waals surface area contributed by atoms with Gasteiger partial charge in [0.15, 0.2) is 0 Å². The van der Waals surface area contributed by atoms with Gasteiger partial charge >= 0.3 is 29.9 Å². The van der Waals surface area contributed by atoms with Crippen LogP contribution in [0.1, 0.15) is 16.7 Å². The second-order valence-corrected chi connectivity index (χ2v) is 5.34. The number of aryl methyl sites for hydroxylation is 2. The van der Waals surface area contributed by atoms with Gasteiger partial charge in [-0.05, 0) is 43.5 Å². The highest BCUT2D eigenvalue weighted by molar-refractivity contribution is 5.82. The van der Waals surface area contributed by atoms with Crippen LogP contribution in [-0.2, 0) is 4.79 Å².